The van der Waals surface area contributed by atoms with Gasteiger partial charge >= 0.3 is 0 Å². The van der Waals surface area contributed by atoms with Crippen LogP contribution in [-0.4, -0.2) is 36.9 Å². The number of methoxy groups -OCH3 is 1. The molecule has 0 unspecified atom stereocenters. The summed E-state index contributed by atoms with van der Waals surface area (Å²) in [4.78, 5) is 27.7. The fourth-order valence-corrected chi connectivity index (χ4v) is 4.38. The molecule has 3 aromatic rings. The minimum atomic E-state index is -0.259. The maximum atomic E-state index is 13.2. The molecule has 5 nitrogen and oxygen atoms in total. The number of halogens is 1. The van der Waals surface area contributed by atoms with E-state index in [0.29, 0.717) is 40.8 Å². The van der Waals surface area contributed by atoms with Crippen LogP contribution in [0.1, 0.15) is 50.6 Å². The summed E-state index contributed by atoms with van der Waals surface area (Å²) in [6, 6.07) is 20.4. The molecule has 0 atom stereocenters. The lowest BCUT2D eigenvalue weighted by Gasteiger charge is -2.32. The van der Waals surface area contributed by atoms with Crippen LogP contribution in [0, 0.1) is 6.92 Å². The largest absolute Gasteiger partial charge is 0.497 e. The van der Waals surface area contributed by atoms with E-state index >= 15 is 0 Å². The van der Waals surface area contributed by atoms with Crippen LogP contribution < -0.4 is 10.1 Å². The van der Waals surface area contributed by atoms with Crippen LogP contribution in [0.3, 0.4) is 0 Å². The van der Waals surface area contributed by atoms with Crippen molar-refractivity contribution >= 4 is 29.1 Å². The van der Waals surface area contributed by atoms with Crippen molar-refractivity contribution in [3.05, 3.63) is 94.0 Å². The fourth-order valence-electron chi connectivity index (χ4n) is 4.19. The van der Waals surface area contributed by atoms with Gasteiger partial charge in [0.15, 0.2) is 0 Å². The number of nitrogens with zero attached hydrogens (tertiary/aromatic N) is 1. The quantitative estimate of drug-likeness (QED) is 0.511. The summed E-state index contributed by atoms with van der Waals surface area (Å²) in [5, 5.41) is 3.41. The van der Waals surface area contributed by atoms with Crippen molar-refractivity contribution in [1.29, 1.82) is 0 Å². The number of likely N-dealkylation sites (tertiary alicyclic amines) is 1. The van der Waals surface area contributed by atoms with E-state index in [1.165, 1.54) is 5.56 Å². The first-order valence-corrected chi connectivity index (χ1v) is 11.4. The summed E-state index contributed by atoms with van der Waals surface area (Å²) in [5.74, 6) is 1.02. The third-order valence-corrected chi connectivity index (χ3v) is 6.42. The minimum Gasteiger partial charge on any atom is -0.497 e. The van der Waals surface area contributed by atoms with Crippen LogP contribution in [0.5, 0.6) is 5.75 Å². The van der Waals surface area contributed by atoms with Crippen molar-refractivity contribution in [2.45, 2.75) is 25.7 Å². The van der Waals surface area contributed by atoms with Crippen LogP contribution in [0.2, 0.25) is 5.02 Å². The normalized spacial score (nSPS) is 14.1. The van der Waals surface area contributed by atoms with E-state index in [1.54, 1.807) is 37.4 Å². The van der Waals surface area contributed by atoms with Crippen LogP contribution in [0.25, 0.3) is 0 Å². The molecule has 6 heteroatoms. The average molecular weight is 463 g/mol. The molecule has 0 radical (unpaired) electrons. The highest BCUT2D eigenvalue weighted by Gasteiger charge is 2.25. The predicted molar refractivity (Wildman–Crippen MR) is 131 cm³/mol. The lowest BCUT2D eigenvalue weighted by atomic mass is 9.89. The Hall–Kier alpha value is -3.31. The molecule has 1 N–H and O–H groups in total. The molecule has 0 saturated carbocycles. The van der Waals surface area contributed by atoms with E-state index < -0.39 is 0 Å². The third-order valence-electron chi connectivity index (χ3n) is 6.19. The Balaban J connectivity index is 1.42. The Morgan fingerprint density at radius 3 is 2.36 bits per heavy atom. The molecule has 0 aromatic heterocycles. The van der Waals surface area contributed by atoms with Crippen LogP contribution in [-0.2, 0) is 0 Å². The monoisotopic (exact) mass is 462 g/mol. The average Bonchev–Trinajstić information content (AvgIpc) is 2.85. The molecule has 0 aliphatic carbocycles. The molecule has 0 spiro atoms. The van der Waals surface area contributed by atoms with Crippen molar-refractivity contribution in [1.82, 2.24) is 4.90 Å². The van der Waals surface area contributed by atoms with E-state index in [9.17, 15) is 9.59 Å². The molecule has 1 heterocycles. The Kier molecular flexibility index (Phi) is 6.99. The predicted octanol–water partition coefficient (Wildman–Crippen LogP) is 5.93. The van der Waals surface area contributed by atoms with Gasteiger partial charge in [-0.15, -0.1) is 0 Å². The van der Waals surface area contributed by atoms with Crippen molar-refractivity contribution in [2.75, 3.05) is 25.5 Å². The molecular weight excluding hydrogens is 436 g/mol. The van der Waals surface area contributed by atoms with E-state index in [4.69, 9.17) is 16.3 Å². The number of amides is 2. The van der Waals surface area contributed by atoms with Crippen molar-refractivity contribution in [2.24, 2.45) is 0 Å². The van der Waals surface area contributed by atoms with Crippen molar-refractivity contribution < 1.29 is 14.3 Å². The standard InChI is InChI=1S/C27H27ClN2O3/c1-18-6-7-22(17-25(18)29-26(31)21-4-3-5-23(28)16-21)27(32)30-14-12-20(13-15-30)19-8-10-24(33-2)11-9-19/h3-11,16-17,20H,12-15H2,1-2H3,(H,29,31). The Morgan fingerprint density at radius 2 is 1.70 bits per heavy atom. The van der Waals surface area contributed by atoms with Crippen LogP contribution >= 0.6 is 11.6 Å². The van der Waals surface area contributed by atoms with Crippen molar-refractivity contribution in [3.63, 3.8) is 0 Å². The van der Waals surface area contributed by atoms with Gasteiger partial charge in [0.1, 0.15) is 5.75 Å². The maximum absolute atomic E-state index is 13.2. The first-order chi connectivity index (χ1) is 15.9. The van der Waals surface area contributed by atoms with Gasteiger partial charge in [0, 0.05) is 34.9 Å². The molecule has 1 aliphatic rings. The second kappa shape index (κ2) is 10.1. The topological polar surface area (TPSA) is 58.6 Å². The van der Waals surface area contributed by atoms with E-state index in [1.807, 2.05) is 36.1 Å². The highest BCUT2D eigenvalue weighted by Crippen LogP contribution is 2.30. The summed E-state index contributed by atoms with van der Waals surface area (Å²) in [5.41, 5.74) is 3.84. The van der Waals surface area contributed by atoms with Crippen LogP contribution in [0.15, 0.2) is 66.7 Å². The third kappa shape index (κ3) is 5.37. The summed E-state index contributed by atoms with van der Waals surface area (Å²) >= 11 is 6.00. The number of hydrogen-bond acceptors (Lipinski definition) is 3. The first-order valence-electron chi connectivity index (χ1n) is 11.1. The molecule has 0 bridgehead atoms. The van der Waals surface area contributed by atoms with Gasteiger partial charge < -0.3 is 15.0 Å². The lowest BCUT2D eigenvalue weighted by Crippen LogP contribution is -2.38. The number of ether oxygens (including phenoxy) is 1. The van der Waals surface area contributed by atoms with Gasteiger partial charge in [-0.25, -0.2) is 0 Å². The van der Waals surface area contributed by atoms with E-state index in [0.717, 1.165) is 24.2 Å². The van der Waals surface area contributed by atoms with Crippen molar-refractivity contribution in [3.8, 4) is 5.75 Å². The lowest BCUT2D eigenvalue weighted by molar-refractivity contribution is 0.0712. The molecule has 1 fully saturated rings. The summed E-state index contributed by atoms with van der Waals surface area (Å²) in [6.45, 7) is 3.31. The Labute approximate surface area is 199 Å². The molecule has 4 rings (SSSR count). The minimum absolute atomic E-state index is 0.0126. The SMILES string of the molecule is COc1ccc(C2CCN(C(=O)c3ccc(C)c(NC(=O)c4cccc(Cl)c4)c3)CC2)cc1. The second-order valence-corrected chi connectivity index (χ2v) is 8.77. The summed E-state index contributed by atoms with van der Waals surface area (Å²) < 4.78 is 5.24. The van der Waals surface area contributed by atoms with Crippen LogP contribution in [0.4, 0.5) is 5.69 Å². The maximum Gasteiger partial charge on any atom is 0.255 e. The molecular formula is C27H27ClN2O3. The van der Waals surface area contributed by atoms with E-state index in [2.05, 4.69) is 17.4 Å². The Morgan fingerprint density at radius 1 is 0.970 bits per heavy atom. The summed E-state index contributed by atoms with van der Waals surface area (Å²) in [6.07, 6.45) is 1.84. The van der Waals surface area contributed by atoms with Gasteiger partial charge in [-0.1, -0.05) is 35.9 Å². The number of anilines is 1. The Bertz CT molecular complexity index is 1150. The molecule has 170 valence electrons. The molecule has 1 aliphatic heterocycles. The van der Waals surface area contributed by atoms with Gasteiger partial charge in [-0.2, -0.15) is 0 Å². The zero-order chi connectivity index (χ0) is 23.4. The first kappa shape index (κ1) is 22.9. The fraction of sp³-hybridized carbons (Fsp3) is 0.259. The van der Waals surface area contributed by atoms with E-state index in [-0.39, 0.29) is 11.8 Å². The smallest absolute Gasteiger partial charge is 0.255 e. The molecule has 33 heavy (non-hydrogen) atoms. The zero-order valence-corrected chi connectivity index (χ0v) is 19.6. The number of carbonyl (C=O) groups excluding carboxylic acids is 2. The van der Waals surface area contributed by atoms with Gasteiger partial charge in [0.2, 0.25) is 0 Å². The molecule has 2 amide bonds. The van der Waals surface area contributed by atoms with Gasteiger partial charge in [-0.3, -0.25) is 9.59 Å². The summed E-state index contributed by atoms with van der Waals surface area (Å²) in [7, 11) is 1.66. The van der Waals surface area contributed by atoms with Gasteiger partial charge in [0.05, 0.1) is 7.11 Å². The number of rotatable bonds is 5. The van der Waals surface area contributed by atoms with Gasteiger partial charge in [-0.05, 0) is 79.3 Å². The number of benzene rings is 3. The number of aryl methyl sites for hydroxylation is 1. The highest BCUT2D eigenvalue weighted by molar-refractivity contribution is 6.31. The number of hydrogen-bond donors (Lipinski definition) is 1. The molecule has 1 saturated heterocycles. The highest BCUT2D eigenvalue weighted by atomic mass is 35.5. The number of piperidine rings is 1. The number of nitrogens with one attached hydrogen (secondary N) is 1. The molecule has 3 aromatic carbocycles. The zero-order valence-electron chi connectivity index (χ0n) is 18.8. The number of carbonyl (C=O) groups is 2. The second-order valence-electron chi connectivity index (χ2n) is 8.33. The van der Waals surface area contributed by atoms with Gasteiger partial charge in [0.25, 0.3) is 11.8 Å².